The summed E-state index contributed by atoms with van der Waals surface area (Å²) in [5.41, 5.74) is -0.657. The Morgan fingerprint density at radius 3 is 2.81 bits per heavy atom. The Bertz CT molecular complexity index is 733. The van der Waals surface area contributed by atoms with Crippen molar-refractivity contribution in [1.29, 1.82) is 0 Å². The summed E-state index contributed by atoms with van der Waals surface area (Å²) >= 11 is 0. The van der Waals surface area contributed by atoms with Crippen LogP contribution in [0.15, 0.2) is 33.6 Å². The fourth-order valence-corrected chi connectivity index (χ4v) is 1.57. The lowest BCUT2D eigenvalue weighted by Gasteiger charge is -2.04. The normalized spacial score (nSPS) is 10.3. The zero-order valence-electron chi connectivity index (χ0n) is 11.0. The highest BCUT2D eigenvalue weighted by atomic mass is 16.6. The minimum absolute atomic E-state index is 0.167. The molecule has 0 fully saturated rings. The molecule has 0 aliphatic carbocycles. The monoisotopic (exact) mass is 293 g/mol. The van der Waals surface area contributed by atoms with Crippen LogP contribution in [-0.4, -0.2) is 26.9 Å². The Morgan fingerprint density at radius 2 is 2.24 bits per heavy atom. The van der Waals surface area contributed by atoms with E-state index in [0.717, 1.165) is 10.6 Å². The molecular weight excluding hydrogens is 282 g/mol. The number of ketones is 1. The van der Waals surface area contributed by atoms with Gasteiger partial charge in [-0.1, -0.05) is 0 Å². The first-order valence-corrected chi connectivity index (χ1v) is 5.99. The highest BCUT2D eigenvalue weighted by Crippen LogP contribution is 2.16. The van der Waals surface area contributed by atoms with Gasteiger partial charge in [0.15, 0.2) is 5.76 Å². The first kappa shape index (κ1) is 14.4. The van der Waals surface area contributed by atoms with E-state index in [0.29, 0.717) is 6.61 Å². The van der Waals surface area contributed by atoms with E-state index >= 15 is 0 Å². The Labute approximate surface area is 117 Å². The smallest absolute Gasteiger partial charge is 0.433 e. The molecule has 9 heteroatoms. The van der Waals surface area contributed by atoms with Gasteiger partial charge < -0.3 is 9.15 Å². The summed E-state index contributed by atoms with van der Waals surface area (Å²) < 4.78 is 10.9. The second-order valence-electron chi connectivity index (χ2n) is 3.93. The molecule has 2 aromatic heterocycles. The van der Waals surface area contributed by atoms with Crippen molar-refractivity contribution >= 4 is 11.7 Å². The lowest BCUT2D eigenvalue weighted by molar-refractivity contribution is -0.402. The molecule has 110 valence electrons. The number of ether oxygens (including phenoxy) is 1. The minimum Gasteiger partial charge on any atom is -0.478 e. The number of hydrogen-bond acceptors (Lipinski definition) is 7. The van der Waals surface area contributed by atoms with Crippen LogP contribution in [-0.2, 0) is 6.54 Å². The highest BCUT2D eigenvalue weighted by Gasteiger charge is 2.18. The molecular formula is C12H11N3O6. The van der Waals surface area contributed by atoms with E-state index in [1.807, 2.05) is 0 Å². The van der Waals surface area contributed by atoms with Gasteiger partial charge in [0.1, 0.15) is 4.92 Å². The number of aromatic nitrogens is 2. The maximum absolute atomic E-state index is 11.9. The van der Waals surface area contributed by atoms with Gasteiger partial charge in [-0.05, 0) is 13.0 Å². The number of carbonyl (C=O) groups is 1. The topological polar surface area (TPSA) is 117 Å². The molecule has 2 aromatic rings. The predicted octanol–water partition coefficient (Wildman–Crippen LogP) is 1.03. The van der Waals surface area contributed by atoms with Gasteiger partial charge in [0.05, 0.1) is 19.2 Å². The van der Waals surface area contributed by atoms with E-state index < -0.39 is 22.3 Å². The van der Waals surface area contributed by atoms with Crippen molar-refractivity contribution in [1.82, 2.24) is 9.55 Å². The maximum Gasteiger partial charge on any atom is 0.433 e. The van der Waals surface area contributed by atoms with Crippen LogP contribution in [0, 0.1) is 10.1 Å². The van der Waals surface area contributed by atoms with Gasteiger partial charge in [0.25, 0.3) is 0 Å². The van der Waals surface area contributed by atoms with Gasteiger partial charge in [-0.3, -0.25) is 19.5 Å². The summed E-state index contributed by atoms with van der Waals surface area (Å²) in [6, 6.07) is 3.71. The number of Topliss-reactive ketones (excluding diaryl/α,β-unsaturated/α-hetero) is 1. The molecule has 0 saturated carbocycles. The summed E-state index contributed by atoms with van der Waals surface area (Å²) in [7, 11) is 0. The molecule has 0 N–H and O–H groups in total. The lowest BCUT2D eigenvalue weighted by Crippen LogP contribution is -2.26. The number of carbonyl (C=O) groups excluding carboxylic acids is 1. The van der Waals surface area contributed by atoms with E-state index in [4.69, 9.17) is 9.15 Å². The van der Waals surface area contributed by atoms with Crippen LogP contribution in [0.5, 0.6) is 5.88 Å². The van der Waals surface area contributed by atoms with Crippen LogP contribution in [0.2, 0.25) is 0 Å². The molecule has 0 bridgehead atoms. The van der Waals surface area contributed by atoms with Crippen LogP contribution in [0.4, 0.5) is 5.88 Å². The lowest BCUT2D eigenvalue weighted by atomic mass is 10.3. The van der Waals surface area contributed by atoms with Crippen LogP contribution in [0.3, 0.4) is 0 Å². The van der Waals surface area contributed by atoms with Crippen molar-refractivity contribution in [3.8, 4) is 5.88 Å². The Balaban J connectivity index is 2.15. The second kappa shape index (κ2) is 5.99. The van der Waals surface area contributed by atoms with E-state index in [-0.39, 0.29) is 18.2 Å². The van der Waals surface area contributed by atoms with Crippen LogP contribution in [0.1, 0.15) is 17.5 Å². The Hall–Kier alpha value is -2.97. The van der Waals surface area contributed by atoms with Crippen LogP contribution >= 0.6 is 0 Å². The molecule has 0 radical (unpaired) electrons. The van der Waals surface area contributed by atoms with Crippen molar-refractivity contribution in [2.45, 2.75) is 13.5 Å². The summed E-state index contributed by atoms with van der Waals surface area (Å²) in [5.74, 6) is -1.13. The zero-order valence-corrected chi connectivity index (χ0v) is 11.0. The van der Waals surface area contributed by atoms with Crippen LogP contribution < -0.4 is 10.4 Å². The molecule has 0 saturated heterocycles. The van der Waals surface area contributed by atoms with Gasteiger partial charge in [-0.2, -0.15) is 4.98 Å². The van der Waals surface area contributed by atoms with Gasteiger partial charge in [0.2, 0.25) is 11.7 Å². The van der Waals surface area contributed by atoms with Gasteiger partial charge in [-0.15, -0.1) is 0 Å². The number of furan rings is 1. The predicted molar refractivity (Wildman–Crippen MR) is 69.4 cm³/mol. The molecule has 21 heavy (non-hydrogen) atoms. The van der Waals surface area contributed by atoms with Gasteiger partial charge >= 0.3 is 11.6 Å². The number of nitro groups is 1. The van der Waals surface area contributed by atoms with Gasteiger partial charge in [-0.25, -0.2) is 4.79 Å². The zero-order chi connectivity index (χ0) is 15.4. The molecule has 0 unspecified atom stereocenters. The molecule has 0 aromatic carbocycles. The van der Waals surface area contributed by atoms with Crippen molar-refractivity contribution in [2.24, 2.45) is 0 Å². The van der Waals surface area contributed by atoms with E-state index in [1.54, 1.807) is 6.92 Å². The minimum atomic E-state index is -0.749. The third-order valence-corrected chi connectivity index (χ3v) is 2.50. The average molecular weight is 293 g/mol. The first-order chi connectivity index (χ1) is 10.0. The third kappa shape index (κ3) is 3.32. The highest BCUT2D eigenvalue weighted by molar-refractivity contribution is 5.93. The summed E-state index contributed by atoms with van der Waals surface area (Å²) in [6.45, 7) is 1.79. The molecule has 2 rings (SSSR count). The van der Waals surface area contributed by atoms with Crippen molar-refractivity contribution in [3.63, 3.8) is 0 Å². The Morgan fingerprint density at radius 1 is 1.48 bits per heavy atom. The summed E-state index contributed by atoms with van der Waals surface area (Å²) in [4.78, 5) is 36.9. The van der Waals surface area contributed by atoms with Gasteiger partial charge in [0, 0.05) is 12.3 Å². The number of rotatable bonds is 6. The fraction of sp³-hybridized carbons (Fsp3) is 0.250. The van der Waals surface area contributed by atoms with E-state index in [2.05, 4.69) is 4.98 Å². The summed E-state index contributed by atoms with van der Waals surface area (Å²) in [5, 5.41) is 10.5. The third-order valence-electron chi connectivity index (χ3n) is 2.50. The SMILES string of the molecule is CCOc1ccn(CC(=O)c2ccc([N+](=O)[O-])o2)c(=O)n1. The molecule has 0 atom stereocenters. The van der Waals surface area contributed by atoms with Crippen molar-refractivity contribution in [2.75, 3.05) is 6.61 Å². The number of hydrogen-bond donors (Lipinski definition) is 0. The van der Waals surface area contributed by atoms with Crippen LogP contribution in [0.25, 0.3) is 0 Å². The quantitative estimate of drug-likeness (QED) is 0.443. The van der Waals surface area contributed by atoms with Crippen molar-refractivity contribution in [3.05, 3.63) is 50.8 Å². The largest absolute Gasteiger partial charge is 0.478 e. The molecule has 9 nitrogen and oxygen atoms in total. The second-order valence-corrected chi connectivity index (χ2v) is 3.93. The molecule has 0 aliphatic heterocycles. The molecule has 0 amide bonds. The van der Waals surface area contributed by atoms with E-state index in [1.165, 1.54) is 18.3 Å². The number of nitrogens with zero attached hydrogens (tertiary/aromatic N) is 3. The van der Waals surface area contributed by atoms with Crippen molar-refractivity contribution < 1.29 is 18.9 Å². The molecule has 2 heterocycles. The fourth-order valence-electron chi connectivity index (χ4n) is 1.57. The standard InChI is InChI=1S/C12H11N3O6/c1-2-20-10-5-6-14(12(17)13-10)7-8(16)9-3-4-11(21-9)15(18)19/h3-6H,2,7H2,1H3. The Kier molecular flexibility index (Phi) is 4.12. The molecule has 0 aliphatic rings. The first-order valence-electron chi connectivity index (χ1n) is 5.99. The van der Waals surface area contributed by atoms with E-state index in [9.17, 15) is 19.7 Å². The average Bonchev–Trinajstić information content (AvgIpc) is 2.92. The maximum atomic E-state index is 11.9. The molecule has 0 spiro atoms. The summed E-state index contributed by atoms with van der Waals surface area (Å²) in [6.07, 6.45) is 1.36.